The maximum Gasteiger partial charge on any atom is 0.250 e. The van der Waals surface area contributed by atoms with Crippen molar-refractivity contribution in [3.8, 4) is 17.1 Å². The lowest BCUT2D eigenvalue weighted by Crippen LogP contribution is -2.19. The zero-order valence-corrected chi connectivity index (χ0v) is 18.8. The van der Waals surface area contributed by atoms with Crippen molar-refractivity contribution in [2.24, 2.45) is 12.1 Å². The van der Waals surface area contributed by atoms with Crippen molar-refractivity contribution in [3.05, 3.63) is 56.5 Å². The number of carbonyl (C=O) groups is 1. The number of nitrogens with zero attached hydrogens (tertiary/aromatic N) is 4. The van der Waals surface area contributed by atoms with Crippen LogP contribution in [0.15, 0.2) is 51.1 Å². The molecule has 150 valence electrons. The molecule has 0 bridgehead atoms. The van der Waals surface area contributed by atoms with Crippen molar-refractivity contribution < 1.29 is 9.90 Å². The summed E-state index contributed by atoms with van der Waals surface area (Å²) in [6.45, 7) is 0. The van der Waals surface area contributed by atoms with Crippen LogP contribution in [-0.4, -0.2) is 37.7 Å². The fourth-order valence-corrected chi connectivity index (χ4v) is 3.95. The van der Waals surface area contributed by atoms with Crippen molar-refractivity contribution in [2.45, 2.75) is 5.16 Å². The van der Waals surface area contributed by atoms with Crippen LogP contribution >= 0.6 is 50.9 Å². The topological polar surface area (TPSA) is 92.4 Å². The highest BCUT2D eigenvalue weighted by Gasteiger charge is 2.13. The van der Waals surface area contributed by atoms with Crippen LogP contribution in [0.1, 0.15) is 5.56 Å². The third kappa shape index (κ3) is 5.51. The average molecular weight is 515 g/mol. The lowest BCUT2D eigenvalue weighted by atomic mass is 10.2. The van der Waals surface area contributed by atoms with Gasteiger partial charge in [0, 0.05) is 27.7 Å². The van der Waals surface area contributed by atoms with Gasteiger partial charge in [0.25, 0.3) is 5.91 Å². The van der Waals surface area contributed by atoms with E-state index in [1.165, 1.54) is 30.1 Å². The fraction of sp³-hybridized carbons (Fsp3) is 0.111. The number of aromatic hydroxyl groups is 1. The predicted molar refractivity (Wildman–Crippen MR) is 119 cm³/mol. The number of thioether (sulfide) groups is 1. The van der Waals surface area contributed by atoms with E-state index in [1.807, 2.05) is 35.9 Å². The van der Waals surface area contributed by atoms with E-state index in [-0.39, 0.29) is 22.4 Å². The van der Waals surface area contributed by atoms with Gasteiger partial charge >= 0.3 is 0 Å². The highest BCUT2D eigenvalue weighted by molar-refractivity contribution is 9.10. The second kappa shape index (κ2) is 9.62. The zero-order chi connectivity index (χ0) is 21.0. The molecule has 0 saturated heterocycles. The first kappa shape index (κ1) is 21.6. The molecule has 1 heterocycles. The molecule has 2 N–H and O–H groups in total. The summed E-state index contributed by atoms with van der Waals surface area (Å²) in [5, 5.41) is 23.0. The fourth-order valence-electron chi connectivity index (χ4n) is 2.34. The smallest absolute Gasteiger partial charge is 0.250 e. The third-order valence-corrected chi connectivity index (χ3v) is 5.72. The number of amides is 1. The summed E-state index contributed by atoms with van der Waals surface area (Å²) in [5.74, 6) is 0.276. The number of rotatable bonds is 6. The number of phenolic OH excluding ortho intramolecular Hbond substituents is 1. The minimum atomic E-state index is -0.342. The normalized spacial score (nSPS) is 11.2. The van der Waals surface area contributed by atoms with E-state index in [0.717, 1.165) is 10.0 Å². The number of hydrogen-bond acceptors (Lipinski definition) is 6. The standard InChI is InChI=1S/C18H14BrCl2N5O2S/c1-26-17(10-3-2-4-12(19)5-10)24-25-18(26)29-9-15(27)23-22-8-11-6-13(20)7-14(21)16(11)28/h2-8,28H,9H2,1H3,(H,23,27)/b22-8+. The van der Waals surface area contributed by atoms with Gasteiger partial charge in [-0.1, -0.05) is 63.0 Å². The molecule has 29 heavy (non-hydrogen) atoms. The Bertz CT molecular complexity index is 1090. The molecule has 1 aromatic heterocycles. The van der Waals surface area contributed by atoms with Gasteiger partial charge in [-0.2, -0.15) is 5.10 Å². The first-order valence-corrected chi connectivity index (χ1v) is 10.7. The Kier molecular flexibility index (Phi) is 7.18. The third-order valence-electron chi connectivity index (χ3n) is 3.70. The van der Waals surface area contributed by atoms with Gasteiger partial charge in [0.05, 0.1) is 17.0 Å². The molecule has 7 nitrogen and oxygen atoms in total. The van der Waals surface area contributed by atoms with Crippen LogP contribution < -0.4 is 5.43 Å². The molecule has 2 aromatic carbocycles. The van der Waals surface area contributed by atoms with Crippen LogP contribution in [0.2, 0.25) is 10.0 Å². The Morgan fingerprint density at radius 3 is 2.90 bits per heavy atom. The van der Waals surface area contributed by atoms with Crippen molar-refractivity contribution >= 4 is 63.0 Å². The summed E-state index contributed by atoms with van der Waals surface area (Å²) in [6.07, 6.45) is 1.27. The summed E-state index contributed by atoms with van der Waals surface area (Å²) in [5.41, 5.74) is 3.59. The number of nitrogens with one attached hydrogen (secondary N) is 1. The van der Waals surface area contributed by atoms with Gasteiger partial charge < -0.3 is 9.67 Å². The summed E-state index contributed by atoms with van der Waals surface area (Å²) in [4.78, 5) is 12.0. The van der Waals surface area contributed by atoms with Gasteiger partial charge in [-0.15, -0.1) is 10.2 Å². The van der Waals surface area contributed by atoms with Crippen LogP contribution in [0.25, 0.3) is 11.4 Å². The molecule has 0 radical (unpaired) electrons. The Labute approximate surface area is 189 Å². The van der Waals surface area contributed by atoms with Crippen molar-refractivity contribution in [3.63, 3.8) is 0 Å². The van der Waals surface area contributed by atoms with Gasteiger partial charge in [0.1, 0.15) is 5.75 Å². The van der Waals surface area contributed by atoms with Crippen LogP contribution in [0.4, 0.5) is 0 Å². The predicted octanol–water partition coefficient (Wildman–Crippen LogP) is 4.50. The molecule has 11 heteroatoms. The average Bonchev–Trinajstić information content (AvgIpc) is 3.04. The molecule has 0 saturated carbocycles. The quantitative estimate of drug-likeness (QED) is 0.287. The largest absolute Gasteiger partial charge is 0.506 e. The Morgan fingerprint density at radius 2 is 2.14 bits per heavy atom. The Hall–Kier alpha value is -2.07. The molecule has 0 aliphatic carbocycles. The summed E-state index contributed by atoms with van der Waals surface area (Å²) in [7, 11) is 1.83. The lowest BCUT2D eigenvalue weighted by Gasteiger charge is -2.04. The first-order valence-electron chi connectivity index (χ1n) is 8.13. The minimum Gasteiger partial charge on any atom is -0.506 e. The number of aromatic nitrogens is 3. The first-order chi connectivity index (χ1) is 13.8. The highest BCUT2D eigenvalue weighted by Crippen LogP contribution is 2.30. The molecule has 3 aromatic rings. The lowest BCUT2D eigenvalue weighted by molar-refractivity contribution is -0.118. The van der Waals surface area contributed by atoms with Crippen LogP contribution in [0.5, 0.6) is 5.75 Å². The van der Waals surface area contributed by atoms with Gasteiger partial charge in [0.2, 0.25) is 0 Å². The molecule has 0 fully saturated rings. The van der Waals surface area contributed by atoms with E-state index in [9.17, 15) is 9.90 Å². The molecule has 0 spiro atoms. The molecule has 0 aliphatic rings. The monoisotopic (exact) mass is 513 g/mol. The number of benzene rings is 2. The molecule has 0 unspecified atom stereocenters. The second-order valence-corrected chi connectivity index (χ2v) is 8.48. The number of halogens is 3. The van der Waals surface area contributed by atoms with Crippen molar-refractivity contribution in [1.29, 1.82) is 0 Å². The number of phenols is 1. The van der Waals surface area contributed by atoms with Crippen LogP contribution in [0, 0.1) is 0 Å². The maximum absolute atomic E-state index is 12.0. The summed E-state index contributed by atoms with van der Waals surface area (Å²) < 4.78 is 2.76. The van der Waals surface area contributed by atoms with E-state index in [2.05, 4.69) is 36.7 Å². The van der Waals surface area contributed by atoms with Crippen LogP contribution in [0.3, 0.4) is 0 Å². The molecule has 0 aliphatic heterocycles. The molecule has 0 atom stereocenters. The minimum absolute atomic E-state index is 0.0874. The Balaban J connectivity index is 1.59. The number of carbonyl (C=O) groups excluding carboxylic acids is 1. The molecule has 1 amide bonds. The molecular weight excluding hydrogens is 501 g/mol. The van der Waals surface area contributed by atoms with Gasteiger partial charge in [-0.3, -0.25) is 4.79 Å². The van der Waals surface area contributed by atoms with E-state index < -0.39 is 0 Å². The highest BCUT2D eigenvalue weighted by atomic mass is 79.9. The van der Waals surface area contributed by atoms with E-state index >= 15 is 0 Å². The van der Waals surface area contributed by atoms with E-state index in [1.54, 1.807) is 0 Å². The Morgan fingerprint density at radius 1 is 1.34 bits per heavy atom. The second-order valence-electron chi connectivity index (χ2n) is 5.78. The zero-order valence-electron chi connectivity index (χ0n) is 14.9. The SMILES string of the molecule is Cn1c(SCC(=O)N/N=C/c2cc(Cl)cc(Cl)c2O)nnc1-c1cccc(Br)c1. The maximum atomic E-state index is 12.0. The number of hydrogen-bond donors (Lipinski definition) is 2. The molecule has 3 rings (SSSR count). The summed E-state index contributed by atoms with van der Waals surface area (Å²) >= 11 is 16.4. The van der Waals surface area contributed by atoms with Gasteiger partial charge in [0.15, 0.2) is 11.0 Å². The van der Waals surface area contributed by atoms with Gasteiger partial charge in [-0.05, 0) is 24.3 Å². The van der Waals surface area contributed by atoms with Crippen LogP contribution in [-0.2, 0) is 11.8 Å². The van der Waals surface area contributed by atoms with E-state index in [4.69, 9.17) is 23.2 Å². The molecular formula is C18H14BrCl2N5O2S. The number of hydrazone groups is 1. The van der Waals surface area contributed by atoms with Gasteiger partial charge in [-0.25, -0.2) is 5.43 Å². The van der Waals surface area contributed by atoms with Crippen molar-refractivity contribution in [2.75, 3.05) is 5.75 Å². The van der Waals surface area contributed by atoms with E-state index in [0.29, 0.717) is 21.6 Å². The van der Waals surface area contributed by atoms with Crippen molar-refractivity contribution in [1.82, 2.24) is 20.2 Å². The summed E-state index contributed by atoms with van der Waals surface area (Å²) in [6, 6.07) is 10.6.